The molecule has 6 heteroatoms. The molecule has 0 aromatic heterocycles. The summed E-state index contributed by atoms with van der Waals surface area (Å²) in [5.74, 6) is 0.0454. The summed E-state index contributed by atoms with van der Waals surface area (Å²) < 4.78 is 10.4. The van der Waals surface area contributed by atoms with Crippen molar-refractivity contribution in [3.05, 3.63) is 0 Å². The average molecular weight is 328 g/mol. The Balaban J connectivity index is 2.47. The molecule has 0 aromatic carbocycles. The second-order valence-corrected chi connectivity index (χ2v) is 7.18. The second kappa shape index (κ2) is 9.11. The van der Waals surface area contributed by atoms with Crippen LogP contribution in [-0.2, 0) is 14.3 Å². The van der Waals surface area contributed by atoms with Gasteiger partial charge >= 0.3 is 6.09 Å². The number of hydrogen-bond acceptors (Lipinski definition) is 4. The van der Waals surface area contributed by atoms with Crippen molar-refractivity contribution in [1.29, 1.82) is 0 Å². The maximum Gasteiger partial charge on any atom is 0.410 e. The Morgan fingerprint density at radius 1 is 1.26 bits per heavy atom. The van der Waals surface area contributed by atoms with Crippen LogP contribution >= 0.6 is 0 Å². The third-order valence-electron chi connectivity index (χ3n) is 3.96. The van der Waals surface area contributed by atoms with Gasteiger partial charge in [0.1, 0.15) is 5.60 Å². The topological polar surface area (TPSA) is 67.9 Å². The fourth-order valence-electron chi connectivity index (χ4n) is 2.73. The maximum absolute atomic E-state index is 12.3. The van der Waals surface area contributed by atoms with Crippen LogP contribution in [0, 0.1) is 0 Å². The van der Waals surface area contributed by atoms with E-state index in [0.29, 0.717) is 19.6 Å². The number of carbonyl (C=O) groups is 2. The third-order valence-corrected chi connectivity index (χ3v) is 3.96. The Morgan fingerprint density at radius 3 is 2.57 bits per heavy atom. The van der Waals surface area contributed by atoms with E-state index in [1.165, 1.54) is 0 Å². The molecule has 0 radical (unpaired) electrons. The van der Waals surface area contributed by atoms with Crippen molar-refractivity contribution in [2.24, 2.45) is 0 Å². The Hall–Kier alpha value is -1.30. The van der Waals surface area contributed by atoms with Crippen LogP contribution in [0.5, 0.6) is 0 Å². The molecule has 0 aliphatic carbocycles. The number of nitrogens with zero attached hydrogens (tertiary/aromatic N) is 1. The summed E-state index contributed by atoms with van der Waals surface area (Å²) in [6, 6.07) is -0.0623. The zero-order valence-corrected chi connectivity index (χ0v) is 15.2. The van der Waals surface area contributed by atoms with Gasteiger partial charge in [0.25, 0.3) is 0 Å². The number of unbranched alkanes of at least 4 members (excludes halogenated alkanes) is 1. The second-order valence-electron chi connectivity index (χ2n) is 7.18. The molecule has 2 amide bonds. The van der Waals surface area contributed by atoms with E-state index in [1.54, 1.807) is 12.0 Å². The van der Waals surface area contributed by atoms with E-state index in [1.807, 2.05) is 27.7 Å². The number of nitrogens with one attached hydrogen (secondary N) is 1. The van der Waals surface area contributed by atoms with E-state index in [-0.39, 0.29) is 24.1 Å². The number of hydrogen-bond donors (Lipinski definition) is 1. The molecule has 6 nitrogen and oxygen atoms in total. The third kappa shape index (κ3) is 7.20. The Labute approximate surface area is 139 Å². The smallest absolute Gasteiger partial charge is 0.410 e. The van der Waals surface area contributed by atoms with Gasteiger partial charge in [-0.25, -0.2) is 4.79 Å². The number of likely N-dealkylation sites (tertiary alicyclic amines) is 1. The zero-order chi connectivity index (χ0) is 17.5. The number of methoxy groups -OCH3 is 1. The van der Waals surface area contributed by atoms with Gasteiger partial charge in [-0.3, -0.25) is 4.79 Å². The number of rotatable bonds is 6. The maximum atomic E-state index is 12.3. The molecule has 0 bridgehead atoms. The van der Waals surface area contributed by atoms with E-state index in [2.05, 4.69) is 5.32 Å². The first-order valence-corrected chi connectivity index (χ1v) is 8.52. The van der Waals surface area contributed by atoms with E-state index in [9.17, 15) is 9.59 Å². The van der Waals surface area contributed by atoms with Crippen LogP contribution in [0.15, 0.2) is 0 Å². The molecule has 1 N–H and O–H groups in total. The van der Waals surface area contributed by atoms with Gasteiger partial charge in [-0.15, -0.1) is 0 Å². The van der Waals surface area contributed by atoms with Crippen molar-refractivity contribution < 1.29 is 19.1 Å². The molecule has 23 heavy (non-hydrogen) atoms. The standard InChI is InChI=1S/C17H32N2O4/c1-13-14(18-15(20)10-6-7-12-22-5)9-8-11-19(13)16(21)23-17(2,3)4/h13-14H,6-12H2,1-5H3,(H,18,20)/t13-,14-/m1/s1. The van der Waals surface area contributed by atoms with Gasteiger partial charge in [0.05, 0.1) is 6.04 Å². The summed E-state index contributed by atoms with van der Waals surface area (Å²) >= 11 is 0. The highest BCUT2D eigenvalue weighted by molar-refractivity contribution is 5.76. The lowest BCUT2D eigenvalue weighted by Crippen LogP contribution is -2.56. The van der Waals surface area contributed by atoms with Crippen LogP contribution in [0.3, 0.4) is 0 Å². The fourth-order valence-corrected chi connectivity index (χ4v) is 2.73. The first kappa shape index (κ1) is 19.7. The Morgan fingerprint density at radius 2 is 1.96 bits per heavy atom. The van der Waals surface area contributed by atoms with E-state index in [4.69, 9.17) is 9.47 Å². The van der Waals surface area contributed by atoms with Crippen molar-refractivity contribution in [2.45, 2.75) is 77.5 Å². The molecular weight excluding hydrogens is 296 g/mol. The molecule has 1 rings (SSSR count). The summed E-state index contributed by atoms with van der Waals surface area (Å²) in [4.78, 5) is 26.0. The van der Waals surface area contributed by atoms with Crippen molar-refractivity contribution in [3.63, 3.8) is 0 Å². The number of ether oxygens (including phenoxy) is 2. The predicted molar refractivity (Wildman–Crippen MR) is 89.3 cm³/mol. The molecule has 2 atom stereocenters. The van der Waals surface area contributed by atoms with Crippen molar-refractivity contribution in [3.8, 4) is 0 Å². The highest BCUT2D eigenvalue weighted by Crippen LogP contribution is 2.21. The summed E-state index contributed by atoms with van der Waals surface area (Å²) in [5.41, 5.74) is -0.506. The lowest BCUT2D eigenvalue weighted by molar-refractivity contribution is -0.122. The predicted octanol–water partition coefficient (Wildman–Crippen LogP) is 2.71. The Kier molecular flexibility index (Phi) is 7.82. The number of amides is 2. The van der Waals surface area contributed by atoms with Crippen LogP contribution in [0.2, 0.25) is 0 Å². The van der Waals surface area contributed by atoms with Gasteiger partial charge in [-0.2, -0.15) is 0 Å². The molecule has 1 aliphatic heterocycles. The first-order valence-electron chi connectivity index (χ1n) is 8.52. The molecular formula is C17H32N2O4. The number of carbonyl (C=O) groups excluding carboxylic acids is 2. The summed E-state index contributed by atoms with van der Waals surface area (Å²) in [6.45, 7) is 8.91. The van der Waals surface area contributed by atoms with Crippen molar-refractivity contribution >= 4 is 12.0 Å². The zero-order valence-electron chi connectivity index (χ0n) is 15.2. The van der Waals surface area contributed by atoms with Crippen LogP contribution in [0.4, 0.5) is 4.79 Å². The SMILES string of the molecule is COCCCCC(=O)N[C@@H]1CCCN(C(=O)OC(C)(C)C)[C@@H]1C. The summed E-state index contributed by atoms with van der Waals surface area (Å²) in [7, 11) is 1.66. The van der Waals surface area contributed by atoms with Gasteiger partial charge < -0.3 is 19.7 Å². The average Bonchev–Trinajstić information content (AvgIpc) is 2.44. The van der Waals surface area contributed by atoms with E-state index < -0.39 is 5.60 Å². The van der Waals surface area contributed by atoms with E-state index in [0.717, 1.165) is 25.7 Å². The molecule has 134 valence electrons. The van der Waals surface area contributed by atoms with E-state index >= 15 is 0 Å². The molecule has 0 aromatic rings. The van der Waals surface area contributed by atoms with Gasteiger partial charge in [0, 0.05) is 32.7 Å². The molecule has 1 fully saturated rings. The monoisotopic (exact) mass is 328 g/mol. The van der Waals surface area contributed by atoms with Crippen LogP contribution in [0.25, 0.3) is 0 Å². The number of piperidine rings is 1. The minimum absolute atomic E-state index is 0.00815. The summed E-state index contributed by atoms with van der Waals surface area (Å²) in [6.07, 6.45) is 3.66. The highest BCUT2D eigenvalue weighted by Gasteiger charge is 2.34. The Bertz CT molecular complexity index is 393. The molecule has 1 heterocycles. The summed E-state index contributed by atoms with van der Waals surface area (Å²) in [5, 5.41) is 3.06. The molecule has 0 saturated carbocycles. The quantitative estimate of drug-likeness (QED) is 0.761. The minimum Gasteiger partial charge on any atom is -0.444 e. The molecule has 1 saturated heterocycles. The largest absolute Gasteiger partial charge is 0.444 e. The molecule has 1 aliphatic rings. The van der Waals surface area contributed by atoms with Gasteiger partial charge in [-0.05, 0) is 53.4 Å². The first-order chi connectivity index (χ1) is 10.7. The van der Waals surface area contributed by atoms with Gasteiger partial charge in [0.15, 0.2) is 0 Å². The highest BCUT2D eigenvalue weighted by atomic mass is 16.6. The van der Waals surface area contributed by atoms with Crippen molar-refractivity contribution in [1.82, 2.24) is 10.2 Å². The minimum atomic E-state index is -0.506. The van der Waals surface area contributed by atoms with Crippen LogP contribution in [-0.4, -0.2) is 54.8 Å². The lowest BCUT2D eigenvalue weighted by atomic mass is 9.97. The van der Waals surface area contributed by atoms with Crippen LogP contribution < -0.4 is 5.32 Å². The normalized spacial score (nSPS) is 21.9. The molecule has 0 spiro atoms. The molecule has 0 unspecified atom stereocenters. The van der Waals surface area contributed by atoms with Gasteiger partial charge in [-0.1, -0.05) is 0 Å². The van der Waals surface area contributed by atoms with Crippen molar-refractivity contribution in [2.75, 3.05) is 20.3 Å². The fraction of sp³-hybridized carbons (Fsp3) is 0.882. The van der Waals surface area contributed by atoms with Crippen LogP contribution in [0.1, 0.15) is 59.8 Å². The lowest BCUT2D eigenvalue weighted by Gasteiger charge is -2.40. The van der Waals surface area contributed by atoms with Gasteiger partial charge in [0.2, 0.25) is 5.91 Å².